The highest BCUT2D eigenvalue weighted by Crippen LogP contribution is 2.25. The number of methoxy groups -OCH3 is 1. The molecular formula is C12H16N2O2S. The van der Waals surface area contributed by atoms with Gasteiger partial charge in [-0.3, -0.25) is 0 Å². The third-order valence-electron chi connectivity index (χ3n) is 2.41. The molecule has 0 amide bonds. The van der Waals surface area contributed by atoms with E-state index < -0.39 is 6.10 Å². The van der Waals surface area contributed by atoms with Crippen molar-refractivity contribution in [1.29, 1.82) is 0 Å². The maximum atomic E-state index is 9.48. The van der Waals surface area contributed by atoms with Gasteiger partial charge in [-0.15, -0.1) is 0 Å². The van der Waals surface area contributed by atoms with Gasteiger partial charge < -0.3 is 15.2 Å². The fourth-order valence-corrected chi connectivity index (χ4v) is 2.46. The molecule has 0 spiro atoms. The molecule has 0 aliphatic carbocycles. The lowest BCUT2D eigenvalue weighted by Crippen LogP contribution is -2.18. The molecule has 0 bridgehead atoms. The standard InChI is InChI=1S/C12H16N2O2S/c1-16-8-9(15)6-7-13-12-14-10-4-2-3-5-11(10)17-12/h2-5,9,15H,6-8H2,1H3,(H,13,14). The normalized spacial score (nSPS) is 12.8. The smallest absolute Gasteiger partial charge is 0.183 e. The van der Waals surface area contributed by atoms with Crippen LogP contribution in [0.25, 0.3) is 10.2 Å². The third-order valence-corrected chi connectivity index (χ3v) is 3.40. The van der Waals surface area contributed by atoms with E-state index in [1.54, 1.807) is 18.4 Å². The van der Waals surface area contributed by atoms with Crippen LogP contribution in [-0.4, -0.2) is 36.5 Å². The summed E-state index contributed by atoms with van der Waals surface area (Å²) in [4.78, 5) is 4.45. The molecular weight excluding hydrogens is 236 g/mol. The Morgan fingerprint density at radius 2 is 2.29 bits per heavy atom. The summed E-state index contributed by atoms with van der Waals surface area (Å²) in [5.41, 5.74) is 1.01. The number of nitrogens with one attached hydrogen (secondary N) is 1. The average Bonchev–Trinajstić information content (AvgIpc) is 2.71. The number of ether oxygens (including phenoxy) is 1. The number of aromatic nitrogens is 1. The molecule has 92 valence electrons. The highest BCUT2D eigenvalue weighted by atomic mass is 32.1. The highest BCUT2D eigenvalue weighted by Gasteiger charge is 2.05. The summed E-state index contributed by atoms with van der Waals surface area (Å²) in [6, 6.07) is 8.04. The number of thiazole rings is 1. The topological polar surface area (TPSA) is 54.4 Å². The minimum atomic E-state index is -0.415. The first-order valence-electron chi connectivity index (χ1n) is 5.56. The van der Waals surface area contributed by atoms with Gasteiger partial charge in [0.2, 0.25) is 0 Å². The van der Waals surface area contributed by atoms with E-state index in [0.717, 1.165) is 10.6 Å². The van der Waals surface area contributed by atoms with Crippen LogP contribution in [-0.2, 0) is 4.74 Å². The molecule has 4 nitrogen and oxygen atoms in total. The predicted molar refractivity (Wildman–Crippen MR) is 70.6 cm³/mol. The van der Waals surface area contributed by atoms with Gasteiger partial charge in [0.1, 0.15) is 0 Å². The summed E-state index contributed by atoms with van der Waals surface area (Å²) in [5.74, 6) is 0. The number of anilines is 1. The molecule has 1 aromatic carbocycles. The van der Waals surface area contributed by atoms with E-state index >= 15 is 0 Å². The molecule has 5 heteroatoms. The van der Waals surface area contributed by atoms with Crippen molar-refractivity contribution in [2.45, 2.75) is 12.5 Å². The lowest BCUT2D eigenvalue weighted by molar-refractivity contribution is 0.0615. The van der Waals surface area contributed by atoms with Crippen LogP contribution >= 0.6 is 11.3 Å². The maximum Gasteiger partial charge on any atom is 0.183 e. The molecule has 1 atom stereocenters. The van der Waals surface area contributed by atoms with E-state index in [1.807, 2.05) is 18.2 Å². The Balaban J connectivity index is 1.86. The first-order valence-corrected chi connectivity index (χ1v) is 6.37. The van der Waals surface area contributed by atoms with Gasteiger partial charge in [-0.1, -0.05) is 23.5 Å². The van der Waals surface area contributed by atoms with E-state index in [4.69, 9.17) is 4.74 Å². The molecule has 0 saturated heterocycles. The molecule has 0 fully saturated rings. The predicted octanol–water partition coefficient (Wildman–Crippen LogP) is 2.11. The number of nitrogens with zero attached hydrogens (tertiary/aromatic N) is 1. The number of benzene rings is 1. The molecule has 17 heavy (non-hydrogen) atoms. The largest absolute Gasteiger partial charge is 0.391 e. The quantitative estimate of drug-likeness (QED) is 0.826. The summed E-state index contributed by atoms with van der Waals surface area (Å²) in [5, 5.41) is 13.6. The summed E-state index contributed by atoms with van der Waals surface area (Å²) in [6.07, 6.45) is 0.242. The van der Waals surface area contributed by atoms with Crippen LogP contribution in [0, 0.1) is 0 Å². The van der Waals surface area contributed by atoms with Gasteiger partial charge in [-0.2, -0.15) is 0 Å². The number of rotatable bonds is 6. The van der Waals surface area contributed by atoms with Crippen LogP contribution < -0.4 is 5.32 Å². The Hall–Kier alpha value is -1.17. The first-order chi connectivity index (χ1) is 8.29. The number of hydrogen-bond acceptors (Lipinski definition) is 5. The van der Waals surface area contributed by atoms with Crippen LogP contribution in [0.1, 0.15) is 6.42 Å². The molecule has 0 saturated carbocycles. The van der Waals surface area contributed by atoms with E-state index in [0.29, 0.717) is 19.6 Å². The average molecular weight is 252 g/mol. The first kappa shape index (κ1) is 12.3. The minimum Gasteiger partial charge on any atom is -0.391 e. The van der Waals surface area contributed by atoms with E-state index in [2.05, 4.69) is 16.4 Å². The van der Waals surface area contributed by atoms with Crippen molar-refractivity contribution < 1.29 is 9.84 Å². The summed E-state index contributed by atoms with van der Waals surface area (Å²) >= 11 is 1.63. The zero-order valence-corrected chi connectivity index (χ0v) is 10.5. The second kappa shape index (κ2) is 5.95. The van der Waals surface area contributed by atoms with Crippen LogP contribution in [0.5, 0.6) is 0 Å². The lowest BCUT2D eigenvalue weighted by atomic mass is 10.3. The molecule has 1 unspecified atom stereocenters. The summed E-state index contributed by atoms with van der Waals surface area (Å²) in [7, 11) is 1.59. The fourth-order valence-electron chi connectivity index (χ4n) is 1.57. The van der Waals surface area contributed by atoms with Gasteiger partial charge >= 0.3 is 0 Å². The van der Waals surface area contributed by atoms with Crippen molar-refractivity contribution in [3.63, 3.8) is 0 Å². The van der Waals surface area contributed by atoms with Crippen LogP contribution in [0.3, 0.4) is 0 Å². The number of para-hydroxylation sites is 1. The second-order valence-corrected chi connectivity index (χ2v) is 4.84. The van der Waals surface area contributed by atoms with Gasteiger partial charge in [-0.05, 0) is 18.6 Å². The zero-order chi connectivity index (χ0) is 12.1. The van der Waals surface area contributed by atoms with Crippen molar-refractivity contribution in [3.8, 4) is 0 Å². The molecule has 1 heterocycles. The van der Waals surface area contributed by atoms with E-state index in [-0.39, 0.29) is 0 Å². The molecule has 1 aromatic heterocycles. The number of aliphatic hydroxyl groups is 1. The maximum absolute atomic E-state index is 9.48. The van der Waals surface area contributed by atoms with E-state index in [1.165, 1.54) is 4.70 Å². The van der Waals surface area contributed by atoms with Gasteiger partial charge in [0.05, 0.1) is 22.9 Å². The van der Waals surface area contributed by atoms with E-state index in [9.17, 15) is 5.11 Å². The third kappa shape index (κ3) is 3.39. The van der Waals surface area contributed by atoms with Crippen molar-refractivity contribution in [2.75, 3.05) is 25.6 Å². The van der Waals surface area contributed by atoms with Gasteiger partial charge in [0.25, 0.3) is 0 Å². The fraction of sp³-hybridized carbons (Fsp3) is 0.417. The Labute approximate surface area is 104 Å². The zero-order valence-electron chi connectivity index (χ0n) is 9.72. The Morgan fingerprint density at radius 1 is 1.47 bits per heavy atom. The molecule has 0 aliphatic rings. The van der Waals surface area contributed by atoms with Gasteiger partial charge in [0, 0.05) is 13.7 Å². The molecule has 2 aromatic rings. The van der Waals surface area contributed by atoms with Crippen LogP contribution in [0.15, 0.2) is 24.3 Å². The number of fused-ring (bicyclic) bond motifs is 1. The van der Waals surface area contributed by atoms with Gasteiger partial charge in [-0.25, -0.2) is 4.98 Å². The summed E-state index contributed by atoms with van der Waals surface area (Å²) < 4.78 is 6.04. The number of hydrogen-bond donors (Lipinski definition) is 2. The molecule has 0 aliphatic heterocycles. The van der Waals surface area contributed by atoms with Crippen molar-refractivity contribution in [3.05, 3.63) is 24.3 Å². The van der Waals surface area contributed by atoms with Gasteiger partial charge in [0.15, 0.2) is 5.13 Å². The van der Waals surface area contributed by atoms with Crippen molar-refractivity contribution >= 4 is 26.7 Å². The van der Waals surface area contributed by atoms with Crippen LogP contribution in [0.4, 0.5) is 5.13 Å². The molecule has 0 radical (unpaired) electrons. The second-order valence-electron chi connectivity index (χ2n) is 3.81. The Kier molecular flexibility index (Phi) is 4.30. The molecule has 2 N–H and O–H groups in total. The summed E-state index contributed by atoms with van der Waals surface area (Å²) in [6.45, 7) is 1.08. The lowest BCUT2D eigenvalue weighted by Gasteiger charge is -2.08. The number of aliphatic hydroxyl groups excluding tert-OH is 1. The highest BCUT2D eigenvalue weighted by molar-refractivity contribution is 7.22. The van der Waals surface area contributed by atoms with Crippen LogP contribution in [0.2, 0.25) is 0 Å². The van der Waals surface area contributed by atoms with Crippen molar-refractivity contribution in [1.82, 2.24) is 4.98 Å². The Morgan fingerprint density at radius 3 is 3.06 bits per heavy atom. The van der Waals surface area contributed by atoms with Crippen molar-refractivity contribution in [2.24, 2.45) is 0 Å². The Bertz CT molecular complexity index is 439. The molecule has 2 rings (SSSR count). The minimum absolute atomic E-state index is 0.377. The monoisotopic (exact) mass is 252 g/mol. The SMILES string of the molecule is COCC(O)CCNc1nc2ccccc2s1.